The topological polar surface area (TPSA) is 63.4 Å². The largest absolute Gasteiger partial charge is 0.369 e. The molecule has 2 N–H and O–H groups in total. The van der Waals surface area contributed by atoms with Crippen molar-refractivity contribution in [3.05, 3.63) is 24.0 Å². The molecule has 1 aliphatic rings. The maximum atomic E-state index is 13.9. The number of nitrogens with zero attached hydrogens (tertiary/aromatic N) is 1. The molecule has 0 bridgehead atoms. The predicted molar refractivity (Wildman–Crippen MR) is 68.5 cm³/mol. The zero-order valence-electron chi connectivity index (χ0n) is 10.1. The number of benzene rings is 1. The summed E-state index contributed by atoms with van der Waals surface area (Å²) in [4.78, 5) is 1.79. The third-order valence-electron chi connectivity index (χ3n) is 3.19. The fraction of sp³-hybridized carbons (Fsp3) is 0.500. The minimum Gasteiger partial charge on any atom is -0.369 e. The van der Waals surface area contributed by atoms with E-state index < -0.39 is 15.8 Å². The van der Waals surface area contributed by atoms with E-state index in [-0.39, 0.29) is 4.90 Å². The number of halogens is 1. The monoisotopic (exact) mass is 272 g/mol. The van der Waals surface area contributed by atoms with E-state index in [1.54, 1.807) is 0 Å². The standard InChI is InChI=1S/C12H17FN2O2S/c13-11-9-10(18(14,16)17)5-6-12(11)15-7-3-1-2-4-8-15/h5-6,9H,1-4,7-8H2,(H2,14,16,17). The van der Waals surface area contributed by atoms with Crippen LogP contribution in [0.1, 0.15) is 25.7 Å². The summed E-state index contributed by atoms with van der Waals surface area (Å²) in [5.74, 6) is -0.525. The molecule has 1 aromatic carbocycles. The molecule has 0 saturated carbocycles. The summed E-state index contributed by atoms with van der Waals surface area (Å²) in [5.41, 5.74) is 0.462. The van der Waals surface area contributed by atoms with Crippen molar-refractivity contribution in [2.75, 3.05) is 18.0 Å². The molecule has 0 unspecified atom stereocenters. The lowest BCUT2D eigenvalue weighted by Crippen LogP contribution is -2.25. The molecule has 0 radical (unpaired) electrons. The SMILES string of the molecule is NS(=O)(=O)c1ccc(N2CCCCCC2)c(F)c1. The van der Waals surface area contributed by atoms with E-state index in [0.29, 0.717) is 5.69 Å². The van der Waals surface area contributed by atoms with Crippen LogP contribution in [-0.2, 0) is 10.0 Å². The highest BCUT2D eigenvalue weighted by molar-refractivity contribution is 7.89. The van der Waals surface area contributed by atoms with Gasteiger partial charge in [0.15, 0.2) is 0 Å². The van der Waals surface area contributed by atoms with Crippen molar-refractivity contribution in [2.24, 2.45) is 5.14 Å². The van der Waals surface area contributed by atoms with Crippen molar-refractivity contribution in [3.63, 3.8) is 0 Å². The molecule has 18 heavy (non-hydrogen) atoms. The van der Waals surface area contributed by atoms with Gasteiger partial charge in [0.2, 0.25) is 10.0 Å². The van der Waals surface area contributed by atoms with Crippen molar-refractivity contribution in [1.29, 1.82) is 0 Å². The van der Waals surface area contributed by atoms with Crippen LogP contribution in [0.3, 0.4) is 0 Å². The molecule has 2 rings (SSSR count). The van der Waals surface area contributed by atoms with E-state index in [9.17, 15) is 12.8 Å². The molecule has 1 heterocycles. The van der Waals surface area contributed by atoms with Crippen LogP contribution in [0.25, 0.3) is 0 Å². The highest BCUT2D eigenvalue weighted by atomic mass is 32.2. The second kappa shape index (κ2) is 5.24. The fourth-order valence-electron chi connectivity index (χ4n) is 2.23. The molecule has 6 heteroatoms. The van der Waals surface area contributed by atoms with Gasteiger partial charge >= 0.3 is 0 Å². The van der Waals surface area contributed by atoms with Gasteiger partial charge in [0, 0.05) is 13.1 Å². The summed E-state index contributed by atoms with van der Waals surface area (Å²) in [5, 5.41) is 4.97. The Morgan fingerprint density at radius 3 is 2.22 bits per heavy atom. The smallest absolute Gasteiger partial charge is 0.238 e. The summed E-state index contributed by atoms with van der Waals surface area (Å²) < 4.78 is 36.2. The second-order valence-electron chi connectivity index (χ2n) is 4.56. The Kier molecular flexibility index (Phi) is 3.87. The Bertz CT molecular complexity index is 523. The van der Waals surface area contributed by atoms with Crippen molar-refractivity contribution in [3.8, 4) is 0 Å². The summed E-state index contributed by atoms with van der Waals surface area (Å²) >= 11 is 0. The highest BCUT2D eigenvalue weighted by Gasteiger charge is 2.16. The number of hydrogen-bond donors (Lipinski definition) is 1. The minimum atomic E-state index is -3.84. The first-order valence-corrected chi connectivity index (χ1v) is 7.60. The molecule has 0 spiro atoms. The molecule has 0 aliphatic carbocycles. The molecule has 1 fully saturated rings. The zero-order chi connectivity index (χ0) is 13.2. The second-order valence-corrected chi connectivity index (χ2v) is 6.12. The van der Waals surface area contributed by atoms with E-state index in [1.165, 1.54) is 12.1 Å². The van der Waals surface area contributed by atoms with Crippen LogP contribution in [0.15, 0.2) is 23.1 Å². The van der Waals surface area contributed by atoms with Crippen LogP contribution < -0.4 is 10.0 Å². The number of rotatable bonds is 2. The predicted octanol–water partition coefficient (Wildman–Crippen LogP) is 1.85. The van der Waals surface area contributed by atoms with Gasteiger partial charge in [0.1, 0.15) is 5.82 Å². The molecule has 100 valence electrons. The maximum Gasteiger partial charge on any atom is 0.238 e. The highest BCUT2D eigenvalue weighted by Crippen LogP contribution is 2.24. The van der Waals surface area contributed by atoms with E-state index in [0.717, 1.165) is 44.8 Å². The Labute approximate surface area is 107 Å². The van der Waals surface area contributed by atoms with Gasteiger partial charge in [0.05, 0.1) is 10.6 Å². The van der Waals surface area contributed by atoms with E-state index >= 15 is 0 Å². The van der Waals surface area contributed by atoms with Crippen LogP contribution in [0.5, 0.6) is 0 Å². The Hall–Kier alpha value is -1.14. The van der Waals surface area contributed by atoms with Crippen molar-refractivity contribution in [1.82, 2.24) is 0 Å². The summed E-state index contributed by atoms with van der Waals surface area (Å²) in [6, 6.07) is 3.86. The molecule has 0 atom stereocenters. The Morgan fingerprint density at radius 2 is 1.72 bits per heavy atom. The van der Waals surface area contributed by atoms with Gasteiger partial charge in [-0.2, -0.15) is 0 Å². The van der Waals surface area contributed by atoms with Crippen LogP contribution in [0, 0.1) is 5.82 Å². The number of anilines is 1. The molecule has 0 aromatic heterocycles. The molecule has 0 amide bonds. The van der Waals surface area contributed by atoms with Crippen LogP contribution in [-0.4, -0.2) is 21.5 Å². The van der Waals surface area contributed by atoms with Gasteiger partial charge in [-0.15, -0.1) is 0 Å². The quantitative estimate of drug-likeness (QED) is 0.893. The molecule has 1 aromatic rings. The first kappa shape index (κ1) is 13.3. The van der Waals surface area contributed by atoms with E-state index in [2.05, 4.69) is 0 Å². The summed E-state index contributed by atoms with van der Waals surface area (Å²) in [6.45, 7) is 1.62. The molecular weight excluding hydrogens is 255 g/mol. The van der Waals surface area contributed by atoms with Gasteiger partial charge in [-0.1, -0.05) is 12.8 Å². The Morgan fingerprint density at radius 1 is 1.11 bits per heavy atom. The van der Waals surface area contributed by atoms with Crippen molar-refractivity contribution < 1.29 is 12.8 Å². The lowest BCUT2D eigenvalue weighted by molar-refractivity contribution is 0.590. The molecular formula is C12H17FN2O2S. The third kappa shape index (κ3) is 3.00. The van der Waals surface area contributed by atoms with Gasteiger partial charge < -0.3 is 4.90 Å². The van der Waals surface area contributed by atoms with Crippen molar-refractivity contribution in [2.45, 2.75) is 30.6 Å². The van der Waals surface area contributed by atoms with Gasteiger partial charge in [-0.3, -0.25) is 0 Å². The first-order chi connectivity index (χ1) is 8.48. The van der Waals surface area contributed by atoms with Gasteiger partial charge in [0.25, 0.3) is 0 Å². The lowest BCUT2D eigenvalue weighted by atomic mass is 10.2. The molecule has 1 saturated heterocycles. The number of hydrogen-bond acceptors (Lipinski definition) is 3. The first-order valence-electron chi connectivity index (χ1n) is 6.06. The maximum absolute atomic E-state index is 13.9. The fourth-order valence-corrected chi connectivity index (χ4v) is 2.76. The summed E-state index contributed by atoms with van der Waals surface area (Å²) in [6.07, 6.45) is 4.40. The number of primary sulfonamides is 1. The average molecular weight is 272 g/mol. The molecule has 4 nitrogen and oxygen atoms in total. The zero-order valence-corrected chi connectivity index (χ0v) is 10.9. The van der Waals surface area contributed by atoms with Crippen LogP contribution >= 0.6 is 0 Å². The van der Waals surface area contributed by atoms with E-state index in [4.69, 9.17) is 5.14 Å². The lowest BCUT2D eigenvalue weighted by Gasteiger charge is -2.23. The van der Waals surface area contributed by atoms with Gasteiger partial charge in [-0.05, 0) is 31.0 Å². The third-order valence-corrected chi connectivity index (χ3v) is 4.11. The number of nitrogens with two attached hydrogens (primary N) is 1. The van der Waals surface area contributed by atoms with Crippen molar-refractivity contribution >= 4 is 15.7 Å². The normalized spacial score (nSPS) is 17.6. The van der Waals surface area contributed by atoms with Crippen LogP contribution in [0.2, 0.25) is 0 Å². The Balaban J connectivity index is 2.29. The average Bonchev–Trinajstić information content (AvgIpc) is 2.56. The summed E-state index contributed by atoms with van der Waals surface area (Å²) in [7, 11) is -3.84. The van der Waals surface area contributed by atoms with E-state index in [1.807, 2.05) is 4.90 Å². The van der Waals surface area contributed by atoms with Gasteiger partial charge in [-0.25, -0.2) is 17.9 Å². The molecule has 1 aliphatic heterocycles. The number of sulfonamides is 1. The van der Waals surface area contributed by atoms with Crippen LogP contribution in [0.4, 0.5) is 10.1 Å². The minimum absolute atomic E-state index is 0.182.